The predicted molar refractivity (Wildman–Crippen MR) is 164 cm³/mol. The monoisotopic (exact) mass is 568 g/mol. The van der Waals surface area contributed by atoms with Crippen molar-refractivity contribution in [1.29, 1.82) is 0 Å². The molecule has 1 fully saturated rings. The van der Waals surface area contributed by atoms with E-state index in [0.717, 1.165) is 43.5 Å². The molecule has 1 amide bonds. The maximum Gasteiger partial charge on any atom is 0.255 e. The number of rotatable bonds is 11. The van der Waals surface area contributed by atoms with Crippen molar-refractivity contribution in [3.8, 4) is 22.9 Å². The summed E-state index contributed by atoms with van der Waals surface area (Å²) in [5, 5.41) is 6.19. The Bertz CT molecular complexity index is 1540. The standard InChI is InChI=1S/C33H37FN6O2/c1-4-22(2)24-9-7-10-26(19-24)38-31(41)25-13-12-23(3)29(20-25)42-32-27(11-8-14-35-32)30-28(34)21-37-33(39-30)36-15-18-40-16-5-6-17-40/h7-14,19-22H,4-6,15-18H2,1-3H3,(H,38,41)(H,36,37,39). The largest absolute Gasteiger partial charge is 0.438 e. The highest BCUT2D eigenvalue weighted by atomic mass is 19.1. The summed E-state index contributed by atoms with van der Waals surface area (Å²) in [6.45, 7) is 9.92. The van der Waals surface area contributed by atoms with Crippen LogP contribution in [0.2, 0.25) is 0 Å². The summed E-state index contributed by atoms with van der Waals surface area (Å²) < 4.78 is 21.2. The van der Waals surface area contributed by atoms with Crippen LogP contribution in [0.15, 0.2) is 67.0 Å². The molecule has 1 aliphatic heterocycles. The zero-order valence-corrected chi connectivity index (χ0v) is 24.4. The Morgan fingerprint density at radius 2 is 1.93 bits per heavy atom. The number of nitrogens with zero attached hydrogens (tertiary/aromatic N) is 4. The van der Waals surface area contributed by atoms with Gasteiger partial charge in [0.25, 0.3) is 5.91 Å². The first-order valence-electron chi connectivity index (χ1n) is 14.5. The van der Waals surface area contributed by atoms with Crippen LogP contribution in [0.1, 0.15) is 60.5 Å². The fourth-order valence-corrected chi connectivity index (χ4v) is 4.94. The lowest BCUT2D eigenvalue weighted by Crippen LogP contribution is -2.26. The number of pyridine rings is 1. The number of aromatic nitrogens is 3. The van der Waals surface area contributed by atoms with E-state index in [1.54, 1.807) is 30.5 Å². The third kappa shape index (κ3) is 7.09. The van der Waals surface area contributed by atoms with Crippen LogP contribution in [-0.2, 0) is 0 Å². The summed E-state index contributed by atoms with van der Waals surface area (Å²) >= 11 is 0. The maximum absolute atomic E-state index is 15.0. The van der Waals surface area contributed by atoms with Crippen molar-refractivity contribution in [1.82, 2.24) is 19.9 Å². The Morgan fingerprint density at radius 1 is 1.10 bits per heavy atom. The Balaban J connectivity index is 1.34. The van der Waals surface area contributed by atoms with Crippen LogP contribution in [0.25, 0.3) is 11.3 Å². The molecule has 1 aliphatic rings. The number of halogens is 1. The second kappa shape index (κ2) is 13.5. The molecule has 9 heteroatoms. The fraction of sp³-hybridized carbons (Fsp3) is 0.333. The van der Waals surface area contributed by atoms with Crippen molar-refractivity contribution < 1.29 is 13.9 Å². The number of carbonyl (C=O) groups is 1. The predicted octanol–water partition coefficient (Wildman–Crippen LogP) is 7.05. The van der Waals surface area contributed by atoms with Gasteiger partial charge in [-0.3, -0.25) is 4.79 Å². The van der Waals surface area contributed by atoms with Crippen LogP contribution in [0.3, 0.4) is 0 Å². The lowest BCUT2D eigenvalue weighted by Gasteiger charge is -2.15. The van der Waals surface area contributed by atoms with Crippen molar-refractivity contribution in [2.24, 2.45) is 0 Å². The van der Waals surface area contributed by atoms with E-state index in [-0.39, 0.29) is 17.5 Å². The van der Waals surface area contributed by atoms with Gasteiger partial charge >= 0.3 is 0 Å². The molecule has 1 saturated heterocycles. The molecule has 8 nitrogen and oxygen atoms in total. The van der Waals surface area contributed by atoms with Crippen molar-refractivity contribution >= 4 is 17.5 Å². The highest BCUT2D eigenvalue weighted by Gasteiger charge is 2.18. The van der Waals surface area contributed by atoms with Gasteiger partial charge in [0.1, 0.15) is 11.4 Å². The first-order chi connectivity index (χ1) is 20.4. The molecule has 2 aromatic carbocycles. The highest BCUT2D eigenvalue weighted by molar-refractivity contribution is 6.04. The van der Waals surface area contributed by atoms with E-state index < -0.39 is 5.82 Å². The number of amides is 1. The molecule has 42 heavy (non-hydrogen) atoms. The van der Waals surface area contributed by atoms with Crippen molar-refractivity contribution in [3.05, 3.63) is 89.5 Å². The van der Waals surface area contributed by atoms with E-state index in [0.29, 0.717) is 35.3 Å². The Morgan fingerprint density at radius 3 is 2.74 bits per heavy atom. The quantitative estimate of drug-likeness (QED) is 0.200. The van der Waals surface area contributed by atoms with Crippen LogP contribution in [0.4, 0.5) is 16.0 Å². The van der Waals surface area contributed by atoms with Crippen LogP contribution >= 0.6 is 0 Å². The van der Waals surface area contributed by atoms with Crippen LogP contribution < -0.4 is 15.4 Å². The number of nitrogens with one attached hydrogen (secondary N) is 2. The molecule has 2 N–H and O–H groups in total. The number of likely N-dealkylation sites (tertiary alicyclic amines) is 1. The first kappa shape index (κ1) is 29.1. The van der Waals surface area contributed by atoms with E-state index in [1.165, 1.54) is 18.4 Å². The summed E-state index contributed by atoms with van der Waals surface area (Å²) in [6.07, 6.45) is 6.19. The lowest BCUT2D eigenvalue weighted by molar-refractivity contribution is 0.102. The minimum Gasteiger partial charge on any atom is -0.438 e. The topological polar surface area (TPSA) is 92.3 Å². The average Bonchev–Trinajstić information content (AvgIpc) is 3.53. The van der Waals surface area contributed by atoms with Crippen molar-refractivity contribution in [3.63, 3.8) is 0 Å². The molecule has 1 atom stereocenters. The van der Waals surface area contributed by atoms with Gasteiger partial charge in [0.15, 0.2) is 5.82 Å². The summed E-state index contributed by atoms with van der Waals surface area (Å²) in [5.74, 6) is 0.522. The van der Waals surface area contributed by atoms with Gasteiger partial charge in [0, 0.05) is 30.5 Å². The first-order valence-corrected chi connectivity index (χ1v) is 14.5. The average molecular weight is 569 g/mol. The number of anilines is 2. The SMILES string of the molecule is CCC(C)c1cccc(NC(=O)c2ccc(C)c(Oc3ncccc3-c3nc(NCCN4CCCC4)ncc3F)c2)c1. The van der Waals surface area contributed by atoms with E-state index in [4.69, 9.17) is 4.74 Å². The zero-order valence-electron chi connectivity index (χ0n) is 24.4. The molecule has 0 spiro atoms. The van der Waals surface area contributed by atoms with Crippen molar-refractivity contribution in [2.45, 2.75) is 46.0 Å². The van der Waals surface area contributed by atoms with Gasteiger partial charge in [-0.05, 0) is 92.7 Å². The smallest absolute Gasteiger partial charge is 0.255 e. The second-order valence-electron chi connectivity index (χ2n) is 10.7. The van der Waals surface area contributed by atoms with Crippen LogP contribution in [-0.4, -0.2) is 51.9 Å². The van der Waals surface area contributed by atoms with Gasteiger partial charge in [-0.15, -0.1) is 0 Å². The molecule has 0 bridgehead atoms. The Labute approximate surface area is 246 Å². The van der Waals surface area contributed by atoms with Gasteiger partial charge in [-0.1, -0.05) is 32.0 Å². The van der Waals surface area contributed by atoms with E-state index in [9.17, 15) is 4.79 Å². The van der Waals surface area contributed by atoms with E-state index in [1.807, 2.05) is 31.2 Å². The minimum absolute atomic E-state index is 0.0875. The molecular formula is C33H37FN6O2. The van der Waals surface area contributed by atoms with Gasteiger partial charge in [-0.2, -0.15) is 0 Å². The molecule has 218 valence electrons. The number of ether oxygens (including phenoxy) is 1. The third-order valence-corrected chi connectivity index (χ3v) is 7.66. The van der Waals surface area contributed by atoms with Gasteiger partial charge in [0.05, 0.1) is 11.8 Å². The normalized spacial score (nSPS) is 14.0. The maximum atomic E-state index is 15.0. The zero-order chi connectivity index (χ0) is 29.5. The molecule has 1 unspecified atom stereocenters. The molecule has 2 aromatic heterocycles. The second-order valence-corrected chi connectivity index (χ2v) is 10.7. The lowest BCUT2D eigenvalue weighted by atomic mass is 9.98. The van der Waals surface area contributed by atoms with E-state index >= 15 is 4.39 Å². The van der Waals surface area contributed by atoms with Crippen LogP contribution in [0, 0.1) is 12.7 Å². The summed E-state index contributed by atoms with van der Waals surface area (Å²) in [7, 11) is 0. The van der Waals surface area contributed by atoms with Crippen LogP contribution in [0.5, 0.6) is 11.6 Å². The van der Waals surface area contributed by atoms with E-state index in [2.05, 4.69) is 50.4 Å². The third-order valence-electron chi connectivity index (χ3n) is 7.66. The Kier molecular flexibility index (Phi) is 9.38. The molecule has 0 saturated carbocycles. The summed E-state index contributed by atoms with van der Waals surface area (Å²) in [4.78, 5) is 28.5. The molecule has 3 heterocycles. The fourth-order valence-electron chi connectivity index (χ4n) is 4.94. The number of hydrogen-bond acceptors (Lipinski definition) is 7. The number of benzene rings is 2. The minimum atomic E-state index is -0.581. The highest BCUT2D eigenvalue weighted by Crippen LogP contribution is 2.34. The molecule has 0 radical (unpaired) electrons. The molecule has 5 rings (SSSR count). The number of carbonyl (C=O) groups excluding carboxylic acids is 1. The van der Waals surface area contributed by atoms with Gasteiger partial charge in [-0.25, -0.2) is 19.3 Å². The van der Waals surface area contributed by atoms with Crippen molar-refractivity contribution in [2.75, 3.05) is 36.8 Å². The number of aryl methyl sites for hydroxylation is 1. The number of hydrogen-bond donors (Lipinski definition) is 2. The molecule has 0 aliphatic carbocycles. The molecular weight excluding hydrogens is 531 g/mol. The summed E-state index contributed by atoms with van der Waals surface area (Å²) in [6, 6.07) is 16.5. The Hall–Kier alpha value is -4.37. The summed E-state index contributed by atoms with van der Waals surface area (Å²) in [5.41, 5.74) is 3.61. The molecule has 4 aromatic rings. The van der Waals surface area contributed by atoms with Gasteiger partial charge in [0.2, 0.25) is 11.8 Å². The van der Waals surface area contributed by atoms with Gasteiger partial charge < -0.3 is 20.3 Å².